The minimum atomic E-state index is 0.543. The van der Waals surface area contributed by atoms with Gasteiger partial charge in [0, 0.05) is 5.69 Å². The first kappa shape index (κ1) is 16.3. The van der Waals surface area contributed by atoms with Gasteiger partial charge in [-0.25, -0.2) is 0 Å². The van der Waals surface area contributed by atoms with E-state index in [1.165, 1.54) is 39.0 Å². The quantitative estimate of drug-likeness (QED) is 0.707. The molecule has 0 atom stereocenters. The Balaban J connectivity index is 2.05. The molecular formula is C24H22N2. The summed E-state index contributed by atoms with van der Waals surface area (Å²) in [5.41, 5.74) is 16.9. The van der Waals surface area contributed by atoms with Crippen molar-refractivity contribution in [2.45, 2.75) is 19.8 Å². The van der Waals surface area contributed by atoms with Crippen molar-refractivity contribution in [3.63, 3.8) is 0 Å². The van der Waals surface area contributed by atoms with Crippen LogP contribution in [-0.2, 0) is 6.42 Å². The van der Waals surface area contributed by atoms with E-state index in [2.05, 4.69) is 56.0 Å². The van der Waals surface area contributed by atoms with Crippen LogP contribution < -0.4 is 5.73 Å². The van der Waals surface area contributed by atoms with E-state index in [0.29, 0.717) is 5.71 Å². The summed E-state index contributed by atoms with van der Waals surface area (Å²) < 4.78 is 0. The maximum Gasteiger partial charge on any atom is 0.0543 e. The Bertz CT molecular complexity index is 1030. The summed E-state index contributed by atoms with van der Waals surface area (Å²) in [6, 6.07) is 14.6. The van der Waals surface area contributed by atoms with E-state index in [0.717, 1.165) is 24.1 Å². The predicted molar refractivity (Wildman–Crippen MR) is 111 cm³/mol. The third-order valence-electron chi connectivity index (χ3n) is 5.16. The lowest BCUT2D eigenvalue weighted by atomic mass is 9.76. The van der Waals surface area contributed by atoms with Gasteiger partial charge in [0.1, 0.15) is 0 Å². The zero-order valence-electron chi connectivity index (χ0n) is 15.0. The molecule has 128 valence electrons. The number of hydrogen-bond donors (Lipinski definition) is 2. The van der Waals surface area contributed by atoms with Gasteiger partial charge < -0.3 is 11.1 Å². The average molecular weight is 338 g/mol. The summed E-state index contributed by atoms with van der Waals surface area (Å²) in [7, 11) is 0. The second kappa shape index (κ2) is 6.30. The lowest BCUT2D eigenvalue weighted by molar-refractivity contribution is 1.13. The van der Waals surface area contributed by atoms with Crippen molar-refractivity contribution in [3.05, 3.63) is 101 Å². The largest absolute Gasteiger partial charge is 0.399 e. The second-order valence-electron chi connectivity index (χ2n) is 6.84. The first-order valence-corrected chi connectivity index (χ1v) is 8.96. The summed E-state index contributed by atoms with van der Waals surface area (Å²) in [6.07, 6.45) is 7.65. The van der Waals surface area contributed by atoms with Crippen molar-refractivity contribution in [1.29, 1.82) is 5.41 Å². The molecule has 2 aromatic rings. The first-order chi connectivity index (χ1) is 12.6. The highest BCUT2D eigenvalue weighted by Gasteiger charge is 2.25. The van der Waals surface area contributed by atoms with Gasteiger partial charge in [-0.2, -0.15) is 0 Å². The third-order valence-corrected chi connectivity index (χ3v) is 5.16. The highest BCUT2D eigenvalue weighted by molar-refractivity contribution is 6.07. The highest BCUT2D eigenvalue weighted by Crippen LogP contribution is 2.43. The summed E-state index contributed by atoms with van der Waals surface area (Å²) >= 11 is 0. The second-order valence-corrected chi connectivity index (χ2v) is 6.84. The Morgan fingerprint density at radius 2 is 1.92 bits per heavy atom. The molecule has 2 aliphatic carbocycles. The molecule has 0 radical (unpaired) electrons. The fraction of sp³-hybridized carbons (Fsp3) is 0.125. The van der Waals surface area contributed by atoms with E-state index in [-0.39, 0.29) is 0 Å². The third kappa shape index (κ3) is 2.64. The monoisotopic (exact) mass is 338 g/mol. The van der Waals surface area contributed by atoms with Crippen molar-refractivity contribution in [2.75, 3.05) is 5.73 Å². The number of anilines is 1. The summed E-state index contributed by atoms with van der Waals surface area (Å²) in [6.45, 7) is 6.41. The highest BCUT2D eigenvalue weighted by atomic mass is 14.5. The molecule has 0 saturated carbocycles. The van der Waals surface area contributed by atoms with Crippen molar-refractivity contribution >= 4 is 22.5 Å². The van der Waals surface area contributed by atoms with Gasteiger partial charge in [0.25, 0.3) is 0 Å². The van der Waals surface area contributed by atoms with E-state index in [9.17, 15) is 0 Å². The van der Waals surface area contributed by atoms with Gasteiger partial charge in [-0.3, -0.25) is 0 Å². The van der Waals surface area contributed by atoms with Crippen LogP contribution in [0.3, 0.4) is 0 Å². The molecule has 0 fully saturated rings. The van der Waals surface area contributed by atoms with Crippen molar-refractivity contribution in [1.82, 2.24) is 0 Å². The number of nitrogen functional groups attached to an aromatic ring is 1. The number of fused-ring (bicyclic) bond motifs is 2. The lowest BCUT2D eigenvalue weighted by Gasteiger charge is -2.28. The van der Waals surface area contributed by atoms with Crippen LogP contribution in [0.5, 0.6) is 0 Å². The van der Waals surface area contributed by atoms with Crippen molar-refractivity contribution in [3.8, 4) is 0 Å². The molecule has 26 heavy (non-hydrogen) atoms. The molecule has 0 bridgehead atoms. The van der Waals surface area contributed by atoms with Gasteiger partial charge in [-0.05, 0) is 81.7 Å². The molecule has 0 unspecified atom stereocenters. The van der Waals surface area contributed by atoms with Crippen LogP contribution in [0.1, 0.15) is 35.6 Å². The van der Waals surface area contributed by atoms with Gasteiger partial charge in [0.15, 0.2) is 0 Å². The van der Waals surface area contributed by atoms with Gasteiger partial charge in [0.05, 0.1) is 5.71 Å². The zero-order chi connectivity index (χ0) is 18.3. The minimum Gasteiger partial charge on any atom is -0.399 e. The zero-order valence-corrected chi connectivity index (χ0v) is 15.0. The first-order valence-electron chi connectivity index (χ1n) is 8.96. The van der Waals surface area contributed by atoms with Gasteiger partial charge in [-0.1, -0.05) is 49.9 Å². The Kier molecular flexibility index (Phi) is 3.96. The van der Waals surface area contributed by atoms with E-state index in [1.54, 1.807) is 0 Å². The van der Waals surface area contributed by atoms with Crippen molar-refractivity contribution < 1.29 is 0 Å². The van der Waals surface area contributed by atoms with Crippen LogP contribution >= 0.6 is 0 Å². The summed E-state index contributed by atoms with van der Waals surface area (Å²) in [5, 5.41) is 8.02. The van der Waals surface area contributed by atoms with Crippen LogP contribution in [0.15, 0.2) is 78.4 Å². The van der Waals surface area contributed by atoms with Crippen molar-refractivity contribution in [2.24, 2.45) is 0 Å². The maximum atomic E-state index is 8.02. The number of allylic oxidation sites excluding steroid dienone is 6. The van der Waals surface area contributed by atoms with Gasteiger partial charge in [0.2, 0.25) is 0 Å². The van der Waals surface area contributed by atoms with Crippen LogP contribution in [0.25, 0.3) is 11.1 Å². The molecule has 2 aromatic carbocycles. The van der Waals surface area contributed by atoms with E-state index in [4.69, 9.17) is 11.1 Å². The molecule has 3 N–H and O–H groups in total. The Morgan fingerprint density at radius 1 is 1.12 bits per heavy atom. The van der Waals surface area contributed by atoms with Crippen LogP contribution in [0, 0.1) is 5.41 Å². The fourth-order valence-electron chi connectivity index (χ4n) is 3.83. The molecule has 0 spiro atoms. The van der Waals surface area contributed by atoms with E-state index >= 15 is 0 Å². The number of nitrogens with two attached hydrogens (primary N) is 1. The van der Waals surface area contributed by atoms with E-state index in [1.807, 2.05) is 18.2 Å². The molecule has 0 aliphatic heterocycles. The lowest BCUT2D eigenvalue weighted by Crippen LogP contribution is -2.13. The summed E-state index contributed by atoms with van der Waals surface area (Å²) in [4.78, 5) is 0. The molecule has 4 rings (SSSR count). The SMILES string of the molecule is C=C(CC)c1ccccc1C1=C2C=CC(=N)C=C2Cc2cc(N)ccc21. The molecule has 0 saturated heterocycles. The molecule has 0 heterocycles. The van der Waals surface area contributed by atoms with Crippen LogP contribution in [0.2, 0.25) is 0 Å². The molecule has 2 aliphatic rings. The minimum absolute atomic E-state index is 0.543. The Morgan fingerprint density at radius 3 is 2.73 bits per heavy atom. The maximum absolute atomic E-state index is 8.02. The molecule has 0 amide bonds. The smallest absolute Gasteiger partial charge is 0.0543 e. The number of nitrogens with one attached hydrogen (secondary N) is 1. The van der Waals surface area contributed by atoms with Crippen LogP contribution in [0.4, 0.5) is 5.69 Å². The van der Waals surface area contributed by atoms with E-state index < -0.39 is 0 Å². The van der Waals surface area contributed by atoms with Gasteiger partial charge >= 0.3 is 0 Å². The topological polar surface area (TPSA) is 49.9 Å². The molecular weight excluding hydrogens is 316 g/mol. The average Bonchev–Trinajstić information content (AvgIpc) is 2.65. The summed E-state index contributed by atoms with van der Waals surface area (Å²) in [5.74, 6) is 0. The van der Waals surface area contributed by atoms with Gasteiger partial charge in [-0.15, -0.1) is 0 Å². The fourth-order valence-corrected chi connectivity index (χ4v) is 3.83. The Hall–Kier alpha value is -3.13. The number of hydrogen-bond acceptors (Lipinski definition) is 2. The number of rotatable bonds is 3. The standard InChI is InChI=1S/C24H22N2/c1-3-15(2)20-6-4-5-7-23(20)24-21-10-8-18(25)13-16(21)12-17-14-19(26)9-11-22(17)24/h4-11,13-14,25H,2-3,12,26H2,1H3. The normalized spacial score (nSPS) is 15.4. The predicted octanol–water partition coefficient (Wildman–Crippen LogP) is 5.57. The van der Waals surface area contributed by atoms with Crippen LogP contribution in [-0.4, -0.2) is 5.71 Å². The Labute approximate surface area is 154 Å². The molecule has 0 aromatic heterocycles. The molecule has 2 heteroatoms. The number of benzene rings is 2. The molecule has 2 nitrogen and oxygen atoms in total.